The van der Waals surface area contributed by atoms with Crippen LogP contribution in [0, 0.1) is 11.3 Å². The summed E-state index contributed by atoms with van der Waals surface area (Å²) in [7, 11) is 1.82. The molecule has 0 bridgehead atoms. The van der Waals surface area contributed by atoms with Crippen molar-refractivity contribution in [2.24, 2.45) is 12.8 Å². The van der Waals surface area contributed by atoms with Gasteiger partial charge in [0.25, 0.3) is 0 Å². The summed E-state index contributed by atoms with van der Waals surface area (Å²) in [6, 6.07) is 9.86. The van der Waals surface area contributed by atoms with Crippen LogP contribution in [0.25, 0.3) is 5.69 Å². The topological polar surface area (TPSA) is 121 Å². The molecule has 0 amide bonds. The lowest BCUT2D eigenvalue weighted by Gasteiger charge is -2.25. The van der Waals surface area contributed by atoms with E-state index in [1.54, 1.807) is 28.6 Å². The molecular weight excluding hydrogens is 408 g/mol. The predicted molar refractivity (Wildman–Crippen MR) is 114 cm³/mol. The second kappa shape index (κ2) is 7.57. The van der Waals surface area contributed by atoms with E-state index in [9.17, 15) is 10.1 Å². The van der Waals surface area contributed by atoms with Crippen molar-refractivity contribution in [2.45, 2.75) is 31.6 Å². The van der Waals surface area contributed by atoms with Crippen LogP contribution in [0.5, 0.6) is 5.88 Å². The molecule has 1 aromatic carbocycles. The first-order chi connectivity index (χ1) is 15.5. The largest absolute Gasteiger partial charge is 0.460 e. The molecule has 3 aromatic rings. The highest BCUT2D eigenvalue weighted by Gasteiger charge is 2.40. The molecule has 2 N–H and O–H groups in total. The number of allylic oxidation sites excluding steroid dienone is 1. The van der Waals surface area contributed by atoms with Crippen molar-refractivity contribution in [3.8, 4) is 17.6 Å². The molecule has 3 heterocycles. The SMILES string of the molecule is CCOC(=O)c1nccn1-c1ccc(C2C(C#N)=C(N)Oc3c2c(C2CC2)nn3C)cc1. The van der Waals surface area contributed by atoms with Gasteiger partial charge < -0.3 is 15.2 Å². The molecule has 0 saturated heterocycles. The zero-order chi connectivity index (χ0) is 22.4. The van der Waals surface area contributed by atoms with Gasteiger partial charge in [-0.1, -0.05) is 12.1 Å². The Kier molecular flexibility index (Phi) is 4.70. The molecule has 1 atom stereocenters. The van der Waals surface area contributed by atoms with Gasteiger partial charge in [0, 0.05) is 31.0 Å². The molecule has 9 nitrogen and oxygen atoms in total. The molecule has 1 aliphatic heterocycles. The van der Waals surface area contributed by atoms with E-state index in [1.807, 2.05) is 31.3 Å². The summed E-state index contributed by atoms with van der Waals surface area (Å²) >= 11 is 0. The van der Waals surface area contributed by atoms with Gasteiger partial charge in [-0.25, -0.2) is 14.5 Å². The smallest absolute Gasteiger partial charge is 0.374 e. The van der Waals surface area contributed by atoms with Gasteiger partial charge in [-0.2, -0.15) is 10.4 Å². The fraction of sp³-hybridized carbons (Fsp3) is 0.304. The van der Waals surface area contributed by atoms with Gasteiger partial charge >= 0.3 is 5.97 Å². The molecule has 0 radical (unpaired) electrons. The number of hydrogen-bond acceptors (Lipinski definition) is 7. The fourth-order valence-corrected chi connectivity index (χ4v) is 4.18. The number of carbonyl (C=O) groups is 1. The molecular formula is C23H22N6O3. The number of nitrogens with two attached hydrogens (primary N) is 1. The molecule has 1 unspecified atom stereocenters. The first kappa shape index (κ1) is 19.9. The average Bonchev–Trinajstić information content (AvgIpc) is 3.43. The minimum absolute atomic E-state index is 0.0960. The van der Waals surface area contributed by atoms with E-state index in [4.69, 9.17) is 15.2 Å². The number of benzene rings is 1. The molecule has 1 fully saturated rings. The van der Waals surface area contributed by atoms with Gasteiger partial charge in [0.05, 0.1) is 23.8 Å². The molecule has 162 valence electrons. The third kappa shape index (κ3) is 3.12. The number of nitrogens with zero attached hydrogens (tertiary/aromatic N) is 5. The third-order valence-corrected chi connectivity index (χ3v) is 5.80. The first-order valence-electron chi connectivity index (χ1n) is 10.5. The van der Waals surface area contributed by atoms with Crippen molar-refractivity contribution in [3.05, 3.63) is 70.8 Å². The van der Waals surface area contributed by atoms with Crippen LogP contribution >= 0.6 is 0 Å². The van der Waals surface area contributed by atoms with Crippen molar-refractivity contribution >= 4 is 5.97 Å². The third-order valence-electron chi connectivity index (χ3n) is 5.80. The number of carbonyl (C=O) groups excluding carboxylic acids is 1. The van der Waals surface area contributed by atoms with Crippen LogP contribution in [0.2, 0.25) is 0 Å². The summed E-state index contributed by atoms with van der Waals surface area (Å²) in [5, 5.41) is 14.5. The van der Waals surface area contributed by atoms with E-state index in [1.165, 1.54) is 0 Å². The van der Waals surface area contributed by atoms with Gasteiger partial charge in [0.1, 0.15) is 11.6 Å². The van der Waals surface area contributed by atoms with Gasteiger partial charge in [0.15, 0.2) is 0 Å². The maximum absolute atomic E-state index is 12.2. The molecule has 2 aliphatic rings. The van der Waals surface area contributed by atoms with Gasteiger partial charge in [-0.15, -0.1) is 0 Å². The standard InChI is InChI=1S/C23H22N6O3/c1-3-31-23(30)21-26-10-11-29(21)15-8-6-13(7-9-15)17-16(12-24)20(25)32-22-18(17)19(14-4-5-14)27-28(22)2/h6-11,14,17H,3-5,25H2,1-2H3. The van der Waals surface area contributed by atoms with Crippen molar-refractivity contribution in [1.29, 1.82) is 5.26 Å². The Labute approximate surface area is 184 Å². The normalized spacial score (nSPS) is 17.5. The second-order valence-corrected chi connectivity index (χ2v) is 7.86. The minimum Gasteiger partial charge on any atom is -0.460 e. The van der Waals surface area contributed by atoms with Crippen LogP contribution in [-0.2, 0) is 11.8 Å². The molecule has 1 saturated carbocycles. The maximum Gasteiger partial charge on any atom is 0.374 e. The highest BCUT2D eigenvalue weighted by molar-refractivity contribution is 5.86. The van der Waals surface area contributed by atoms with Gasteiger partial charge in [0.2, 0.25) is 17.6 Å². The number of nitriles is 1. The van der Waals surface area contributed by atoms with Gasteiger partial charge in [-0.05, 0) is 37.5 Å². The Balaban J connectivity index is 1.57. The Morgan fingerprint density at radius 2 is 2.09 bits per heavy atom. The Morgan fingerprint density at radius 3 is 2.75 bits per heavy atom. The van der Waals surface area contributed by atoms with E-state index in [2.05, 4.69) is 16.2 Å². The number of aryl methyl sites for hydroxylation is 1. The van der Waals surface area contributed by atoms with E-state index in [-0.39, 0.29) is 24.2 Å². The number of fused-ring (bicyclic) bond motifs is 1. The molecule has 1 aliphatic carbocycles. The number of esters is 1. The summed E-state index contributed by atoms with van der Waals surface area (Å²) in [5.74, 6) is 0.415. The Morgan fingerprint density at radius 1 is 1.34 bits per heavy atom. The molecule has 0 spiro atoms. The van der Waals surface area contributed by atoms with Crippen LogP contribution in [0.4, 0.5) is 0 Å². The Hall–Kier alpha value is -4.06. The fourth-order valence-electron chi connectivity index (χ4n) is 4.18. The zero-order valence-corrected chi connectivity index (χ0v) is 17.8. The van der Waals surface area contributed by atoms with Crippen molar-refractivity contribution in [3.63, 3.8) is 0 Å². The number of imidazole rings is 1. The van der Waals surface area contributed by atoms with E-state index in [0.29, 0.717) is 17.4 Å². The summed E-state index contributed by atoms with van der Waals surface area (Å²) in [4.78, 5) is 16.3. The van der Waals surface area contributed by atoms with Crippen LogP contribution in [0.15, 0.2) is 48.1 Å². The van der Waals surface area contributed by atoms with Crippen LogP contribution in [0.1, 0.15) is 59.0 Å². The lowest BCUT2D eigenvalue weighted by atomic mass is 9.83. The zero-order valence-electron chi connectivity index (χ0n) is 17.8. The molecule has 32 heavy (non-hydrogen) atoms. The van der Waals surface area contributed by atoms with Crippen LogP contribution < -0.4 is 10.5 Å². The van der Waals surface area contributed by atoms with Crippen molar-refractivity contribution in [1.82, 2.24) is 19.3 Å². The van der Waals surface area contributed by atoms with E-state index in [0.717, 1.165) is 35.3 Å². The lowest BCUT2D eigenvalue weighted by Crippen LogP contribution is -2.22. The number of rotatable bonds is 5. The first-order valence-corrected chi connectivity index (χ1v) is 10.5. The molecule has 9 heteroatoms. The van der Waals surface area contributed by atoms with Crippen molar-refractivity contribution in [2.75, 3.05) is 6.61 Å². The monoisotopic (exact) mass is 430 g/mol. The van der Waals surface area contributed by atoms with E-state index < -0.39 is 5.97 Å². The molecule has 2 aromatic heterocycles. The second-order valence-electron chi connectivity index (χ2n) is 7.86. The Bertz CT molecular complexity index is 1270. The summed E-state index contributed by atoms with van der Waals surface area (Å²) in [5.41, 5.74) is 10.0. The highest BCUT2D eigenvalue weighted by Crippen LogP contribution is 2.50. The average molecular weight is 430 g/mol. The molecule has 5 rings (SSSR count). The number of aromatic nitrogens is 4. The maximum atomic E-state index is 12.2. The lowest BCUT2D eigenvalue weighted by molar-refractivity contribution is 0.0510. The quantitative estimate of drug-likeness (QED) is 0.618. The predicted octanol–water partition coefficient (Wildman–Crippen LogP) is 2.88. The van der Waals surface area contributed by atoms with E-state index >= 15 is 0 Å². The van der Waals surface area contributed by atoms with Gasteiger partial charge in [-0.3, -0.25) is 4.57 Å². The summed E-state index contributed by atoms with van der Waals surface area (Å²) in [6.45, 7) is 2.03. The number of ether oxygens (including phenoxy) is 2. The highest BCUT2D eigenvalue weighted by atomic mass is 16.5. The number of hydrogen-bond donors (Lipinski definition) is 1. The summed E-state index contributed by atoms with van der Waals surface area (Å²) in [6.07, 6.45) is 5.42. The van der Waals surface area contributed by atoms with Crippen LogP contribution in [0.3, 0.4) is 0 Å². The van der Waals surface area contributed by atoms with Crippen LogP contribution in [-0.4, -0.2) is 31.9 Å². The van der Waals surface area contributed by atoms with Crippen molar-refractivity contribution < 1.29 is 14.3 Å². The minimum atomic E-state index is -0.484. The summed E-state index contributed by atoms with van der Waals surface area (Å²) < 4.78 is 14.3.